The average Bonchev–Trinajstić information content (AvgIpc) is 2.99. The lowest BCUT2D eigenvalue weighted by molar-refractivity contribution is -0.144. The van der Waals surface area contributed by atoms with Crippen molar-refractivity contribution in [2.75, 3.05) is 26.3 Å². The van der Waals surface area contributed by atoms with Crippen molar-refractivity contribution < 1.29 is 14.3 Å². The van der Waals surface area contributed by atoms with Crippen molar-refractivity contribution in [1.29, 1.82) is 0 Å². The minimum Gasteiger partial charge on any atom is -0.464 e. The minimum atomic E-state index is -0.0874. The number of rotatable bonds is 3. The van der Waals surface area contributed by atoms with Gasteiger partial charge in [0.15, 0.2) is 0 Å². The summed E-state index contributed by atoms with van der Waals surface area (Å²) in [6.07, 6.45) is 4.73. The van der Waals surface area contributed by atoms with Gasteiger partial charge in [-0.3, -0.25) is 14.4 Å². The van der Waals surface area contributed by atoms with E-state index in [9.17, 15) is 4.79 Å². The summed E-state index contributed by atoms with van der Waals surface area (Å²) in [5.74, 6) is -0.0874. The fourth-order valence-electron chi connectivity index (χ4n) is 2.73. The standard InChI is InChI=1S/C13H19N3O3/c1-10-6-14-16(7-10)9-11-8-15(3-5-18-11)12-2-4-19-13(12)17/h6-7,11-12H,2-5,8-9H2,1H3/t11-,12+/m1/s1. The van der Waals surface area contributed by atoms with Gasteiger partial charge in [-0.2, -0.15) is 5.10 Å². The third-order valence-corrected chi connectivity index (χ3v) is 3.67. The fraction of sp³-hybridized carbons (Fsp3) is 0.692. The first-order valence-electron chi connectivity index (χ1n) is 6.74. The van der Waals surface area contributed by atoms with E-state index in [0.717, 1.165) is 31.6 Å². The smallest absolute Gasteiger partial charge is 0.323 e. The molecule has 1 aromatic rings. The van der Waals surface area contributed by atoms with Crippen molar-refractivity contribution >= 4 is 5.97 Å². The quantitative estimate of drug-likeness (QED) is 0.731. The lowest BCUT2D eigenvalue weighted by atomic mass is 10.1. The Bertz CT molecular complexity index is 460. The minimum absolute atomic E-state index is 0.0780. The number of carbonyl (C=O) groups is 1. The van der Waals surface area contributed by atoms with Gasteiger partial charge < -0.3 is 9.47 Å². The van der Waals surface area contributed by atoms with Crippen LogP contribution >= 0.6 is 0 Å². The molecule has 0 radical (unpaired) electrons. The van der Waals surface area contributed by atoms with Gasteiger partial charge in [0.25, 0.3) is 0 Å². The predicted octanol–water partition coefficient (Wildman–Crippen LogP) is 0.208. The summed E-state index contributed by atoms with van der Waals surface area (Å²) in [7, 11) is 0. The first kappa shape index (κ1) is 12.6. The van der Waals surface area contributed by atoms with Gasteiger partial charge in [0.1, 0.15) is 6.04 Å². The highest BCUT2D eigenvalue weighted by Gasteiger charge is 2.35. The molecule has 2 saturated heterocycles. The second-order valence-electron chi connectivity index (χ2n) is 5.20. The van der Waals surface area contributed by atoms with Gasteiger partial charge in [0, 0.05) is 25.7 Å². The Kier molecular flexibility index (Phi) is 3.52. The zero-order chi connectivity index (χ0) is 13.2. The second-order valence-corrected chi connectivity index (χ2v) is 5.20. The number of cyclic esters (lactones) is 1. The monoisotopic (exact) mass is 265 g/mol. The van der Waals surface area contributed by atoms with E-state index in [-0.39, 0.29) is 18.1 Å². The van der Waals surface area contributed by atoms with Crippen LogP contribution in [0.2, 0.25) is 0 Å². The summed E-state index contributed by atoms with van der Waals surface area (Å²) < 4.78 is 12.7. The molecular weight excluding hydrogens is 246 g/mol. The van der Waals surface area contributed by atoms with Crippen LogP contribution in [0.1, 0.15) is 12.0 Å². The SMILES string of the molecule is Cc1cnn(C[C@H]2CN([C@H]3CCOC3=O)CCO2)c1. The van der Waals surface area contributed by atoms with Crippen LogP contribution in [0.3, 0.4) is 0 Å². The van der Waals surface area contributed by atoms with Crippen LogP contribution in [0.25, 0.3) is 0 Å². The number of ether oxygens (including phenoxy) is 2. The van der Waals surface area contributed by atoms with E-state index in [4.69, 9.17) is 9.47 Å². The van der Waals surface area contributed by atoms with Crippen LogP contribution in [0, 0.1) is 6.92 Å². The summed E-state index contributed by atoms with van der Waals surface area (Å²) >= 11 is 0. The van der Waals surface area contributed by atoms with Gasteiger partial charge >= 0.3 is 5.97 Å². The molecule has 0 unspecified atom stereocenters. The molecule has 2 atom stereocenters. The second kappa shape index (κ2) is 5.30. The average molecular weight is 265 g/mol. The molecule has 0 aliphatic carbocycles. The first-order valence-corrected chi connectivity index (χ1v) is 6.74. The molecule has 0 saturated carbocycles. The molecule has 6 heteroatoms. The van der Waals surface area contributed by atoms with E-state index < -0.39 is 0 Å². The topological polar surface area (TPSA) is 56.6 Å². The molecule has 2 aliphatic rings. The van der Waals surface area contributed by atoms with Gasteiger partial charge in [-0.25, -0.2) is 0 Å². The molecule has 0 N–H and O–H groups in total. The van der Waals surface area contributed by atoms with E-state index in [0.29, 0.717) is 13.2 Å². The molecule has 104 valence electrons. The van der Waals surface area contributed by atoms with Crippen LogP contribution in [0.15, 0.2) is 12.4 Å². The molecule has 2 aliphatic heterocycles. The lowest BCUT2D eigenvalue weighted by Gasteiger charge is -2.35. The van der Waals surface area contributed by atoms with Crippen molar-refractivity contribution in [3.8, 4) is 0 Å². The van der Waals surface area contributed by atoms with Crippen molar-refractivity contribution in [3.63, 3.8) is 0 Å². The van der Waals surface area contributed by atoms with E-state index >= 15 is 0 Å². The summed E-state index contributed by atoms with van der Waals surface area (Å²) in [6, 6.07) is -0.0780. The Morgan fingerprint density at radius 3 is 3.05 bits per heavy atom. The Balaban J connectivity index is 1.60. The lowest BCUT2D eigenvalue weighted by Crippen LogP contribution is -2.50. The van der Waals surface area contributed by atoms with Gasteiger partial charge in [0.2, 0.25) is 0 Å². The molecule has 3 heterocycles. The molecule has 0 aromatic carbocycles. The summed E-state index contributed by atoms with van der Waals surface area (Å²) in [6.45, 7) is 5.52. The molecule has 3 rings (SSSR count). The molecule has 19 heavy (non-hydrogen) atoms. The fourth-order valence-corrected chi connectivity index (χ4v) is 2.73. The molecular formula is C13H19N3O3. The maximum absolute atomic E-state index is 11.6. The maximum atomic E-state index is 11.6. The van der Waals surface area contributed by atoms with Crippen molar-refractivity contribution in [1.82, 2.24) is 14.7 Å². The Morgan fingerprint density at radius 2 is 2.37 bits per heavy atom. The molecule has 0 spiro atoms. The summed E-state index contributed by atoms with van der Waals surface area (Å²) in [4.78, 5) is 13.8. The third kappa shape index (κ3) is 2.79. The number of carbonyl (C=O) groups excluding carboxylic acids is 1. The molecule has 2 fully saturated rings. The van der Waals surface area contributed by atoms with Crippen LogP contribution < -0.4 is 0 Å². The highest BCUT2D eigenvalue weighted by Crippen LogP contribution is 2.18. The van der Waals surface area contributed by atoms with Crippen LogP contribution in [0.4, 0.5) is 0 Å². The van der Waals surface area contributed by atoms with Crippen molar-refractivity contribution in [2.24, 2.45) is 0 Å². The van der Waals surface area contributed by atoms with Crippen LogP contribution in [-0.2, 0) is 20.8 Å². The predicted molar refractivity (Wildman–Crippen MR) is 67.6 cm³/mol. The Hall–Kier alpha value is -1.40. The molecule has 6 nitrogen and oxygen atoms in total. The number of morpholine rings is 1. The van der Waals surface area contributed by atoms with E-state index in [1.807, 2.05) is 24.0 Å². The van der Waals surface area contributed by atoms with Crippen molar-refractivity contribution in [3.05, 3.63) is 18.0 Å². The van der Waals surface area contributed by atoms with Gasteiger partial charge in [-0.1, -0.05) is 0 Å². The largest absolute Gasteiger partial charge is 0.464 e. The number of esters is 1. The van der Waals surface area contributed by atoms with E-state index in [1.165, 1.54) is 0 Å². The van der Waals surface area contributed by atoms with Crippen LogP contribution in [-0.4, -0.2) is 59.1 Å². The van der Waals surface area contributed by atoms with E-state index in [1.54, 1.807) is 0 Å². The van der Waals surface area contributed by atoms with E-state index in [2.05, 4.69) is 10.00 Å². The highest BCUT2D eigenvalue weighted by atomic mass is 16.5. The molecule has 1 aromatic heterocycles. The summed E-state index contributed by atoms with van der Waals surface area (Å²) in [5, 5.41) is 4.27. The highest BCUT2D eigenvalue weighted by molar-refractivity contribution is 5.77. The molecule has 0 amide bonds. The zero-order valence-corrected chi connectivity index (χ0v) is 11.1. The molecule has 0 bridgehead atoms. The maximum Gasteiger partial charge on any atom is 0.323 e. The number of hydrogen-bond acceptors (Lipinski definition) is 5. The van der Waals surface area contributed by atoms with Crippen LogP contribution in [0.5, 0.6) is 0 Å². The number of aryl methyl sites for hydroxylation is 1. The number of hydrogen-bond donors (Lipinski definition) is 0. The first-order chi connectivity index (χ1) is 9.22. The zero-order valence-electron chi connectivity index (χ0n) is 11.1. The third-order valence-electron chi connectivity index (χ3n) is 3.67. The van der Waals surface area contributed by atoms with Crippen molar-refractivity contribution in [2.45, 2.75) is 32.0 Å². The summed E-state index contributed by atoms with van der Waals surface area (Å²) in [5.41, 5.74) is 1.15. The van der Waals surface area contributed by atoms with Gasteiger partial charge in [-0.05, 0) is 12.5 Å². The van der Waals surface area contributed by atoms with Gasteiger partial charge in [-0.15, -0.1) is 0 Å². The normalized spacial score (nSPS) is 28.6. The number of aromatic nitrogens is 2. The Labute approximate surface area is 112 Å². The van der Waals surface area contributed by atoms with Gasteiger partial charge in [0.05, 0.1) is 32.1 Å². The number of nitrogens with zero attached hydrogens (tertiary/aromatic N) is 3. The Morgan fingerprint density at radius 1 is 1.47 bits per heavy atom.